The standard InChI is InChI=1S/C17H16N2O/c1-12-10-14-4-2-3-5-16(14)19-17(12)20-15-8-6-13(11-18)7-9-15/h2-10H,11,18H2,1H3. The van der Waals surface area contributed by atoms with Crippen molar-refractivity contribution in [3.05, 3.63) is 65.7 Å². The van der Waals surface area contributed by atoms with Gasteiger partial charge in [-0.1, -0.05) is 30.3 Å². The molecule has 3 aromatic rings. The van der Waals surface area contributed by atoms with Gasteiger partial charge in [0.25, 0.3) is 0 Å². The van der Waals surface area contributed by atoms with E-state index in [4.69, 9.17) is 10.5 Å². The van der Waals surface area contributed by atoms with Crippen molar-refractivity contribution in [3.63, 3.8) is 0 Å². The number of hydrogen-bond donors (Lipinski definition) is 1. The fourth-order valence-electron chi connectivity index (χ4n) is 2.11. The predicted octanol–water partition coefficient (Wildman–Crippen LogP) is 3.79. The maximum absolute atomic E-state index is 5.86. The van der Waals surface area contributed by atoms with Crippen LogP contribution in [0.1, 0.15) is 11.1 Å². The number of para-hydroxylation sites is 1. The van der Waals surface area contributed by atoms with E-state index in [9.17, 15) is 0 Å². The number of nitrogens with two attached hydrogens (primary N) is 1. The quantitative estimate of drug-likeness (QED) is 0.782. The van der Waals surface area contributed by atoms with E-state index in [1.165, 1.54) is 0 Å². The normalized spacial score (nSPS) is 10.7. The van der Waals surface area contributed by atoms with Gasteiger partial charge in [-0.15, -0.1) is 0 Å². The van der Waals surface area contributed by atoms with Crippen LogP contribution in [0.5, 0.6) is 11.6 Å². The maximum Gasteiger partial charge on any atom is 0.222 e. The Balaban J connectivity index is 1.94. The number of ether oxygens (including phenoxy) is 1. The number of pyridine rings is 1. The lowest BCUT2D eigenvalue weighted by atomic mass is 10.1. The van der Waals surface area contributed by atoms with Gasteiger partial charge in [0.1, 0.15) is 5.75 Å². The van der Waals surface area contributed by atoms with Crippen LogP contribution in [-0.2, 0) is 6.54 Å². The number of nitrogens with zero attached hydrogens (tertiary/aromatic N) is 1. The zero-order valence-electron chi connectivity index (χ0n) is 11.3. The molecule has 20 heavy (non-hydrogen) atoms. The van der Waals surface area contributed by atoms with Crippen LogP contribution in [0.15, 0.2) is 54.6 Å². The van der Waals surface area contributed by atoms with Crippen molar-refractivity contribution in [3.8, 4) is 11.6 Å². The van der Waals surface area contributed by atoms with E-state index in [1.807, 2.05) is 49.4 Å². The molecule has 0 aliphatic rings. The molecule has 0 aliphatic carbocycles. The van der Waals surface area contributed by atoms with Crippen molar-refractivity contribution < 1.29 is 4.74 Å². The molecule has 0 unspecified atom stereocenters. The van der Waals surface area contributed by atoms with Crippen molar-refractivity contribution in [2.75, 3.05) is 0 Å². The lowest BCUT2D eigenvalue weighted by Gasteiger charge is -2.09. The Morgan fingerprint density at radius 2 is 1.80 bits per heavy atom. The minimum absolute atomic E-state index is 0.535. The van der Waals surface area contributed by atoms with E-state index >= 15 is 0 Å². The van der Waals surface area contributed by atoms with Crippen LogP contribution < -0.4 is 10.5 Å². The molecule has 0 fully saturated rings. The first kappa shape index (κ1) is 12.6. The SMILES string of the molecule is Cc1cc2ccccc2nc1Oc1ccc(CN)cc1. The van der Waals surface area contributed by atoms with Gasteiger partial charge in [-0.25, -0.2) is 4.98 Å². The van der Waals surface area contributed by atoms with Gasteiger partial charge in [0.2, 0.25) is 5.88 Å². The molecule has 1 heterocycles. The van der Waals surface area contributed by atoms with Gasteiger partial charge >= 0.3 is 0 Å². The number of rotatable bonds is 3. The molecule has 0 bridgehead atoms. The number of benzene rings is 2. The Labute approximate surface area is 118 Å². The molecule has 100 valence electrons. The number of aromatic nitrogens is 1. The highest BCUT2D eigenvalue weighted by molar-refractivity contribution is 5.79. The highest BCUT2D eigenvalue weighted by Gasteiger charge is 2.05. The molecule has 2 aromatic carbocycles. The number of aryl methyl sites for hydroxylation is 1. The van der Waals surface area contributed by atoms with Gasteiger partial charge in [-0.2, -0.15) is 0 Å². The van der Waals surface area contributed by atoms with Gasteiger partial charge in [0.15, 0.2) is 0 Å². The molecule has 0 saturated heterocycles. The van der Waals surface area contributed by atoms with E-state index in [2.05, 4.69) is 17.1 Å². The minimum atomic E-state index is 0.535. The highest BCUT2D eigenvalue weighted by Crippen LogP contribution is 2.26. The van der Waals surface area contributed by atoms with Crippen LogP contribution in [0.2, 0.25) is 0 Å². The van der Waals surface area contributed by atoms with Crippen LogP contribution in [0, 0.1) is 6.92 Å². The first-order valence-corrected chi connectivity index (χ1v) is 6.59. The molecule has 0 radical (unpaired) electrons. The summed E-state index contributed by atoms with van der Waals surface area (Å²) in [5, 5.41) is 1.12. The summed E-state index contributed by atoms with van der Waals surface area (Å²) >= 11 is 0. The molecular formula is C17H16N2O. The Bertz CT molecular complexity index is 736. The van der Waals surface area contributed by atoms with Gasteiger partial charge in [0.05, 0.1) is 5.52 Å². The number of hydrogen-bond acceptors (Lipinski definition) is 3. The van der Waals surface area contributed by atoms with Gasteiger partial charge < -0.3 is 10.5 Å². The Morgan fingerprint density at radius 3 is 2.55 bits per heavy atom. The molecular weight excluding hydrogens is 248 g/mol. The first-order valence-electron chi connectivity index (χ1n) is 6.59. The molecule has 3 nitrogen and oxygen atoms in total. The molecule has 0 spiro atoms. The highest BCUT2D eigenvalue weighted by atomic mass is 16.5. The summed E-state index contributed by atoms with van der Waals surface area (Å²) in [6, 6.07) is 17.9. The Morgan fingerprint density at radius 1 is 1.05 bits per heavy atom. The lowest BCUT2D eigenvalue weighted by Crippen LogP contribution is -1.96. The Hall–Kier alpha value is -2.39. The minimum Gasteiger partial charge on any atom is -0.439 e. The summed E-state index contributed by atoms with van der Waals surface area (Å²) in [4.78, 5) is 4.57. The third kappa shape index (κ3) is 2.49. The summed E-state index contributed by atoms with van der Waals surface area (Å²) in [7, 11) is 0. The molecule has 3 rings (SSSR count). The van der Waals surface area contributed by atoms with Crippen molar-refractivity contribution in [2.24, 2.45) is 5.73 Å². The summed E-state index contributed by atoms with van der Waals surface area (Å²) in [5.74, 6) is 1.41. The fraction of sp³-hybridized carbons (Fsp3) is 0.118. The second kappa shape index (κ2) is 5.31. The number of fused-ring (bicyclic) bond motifs is 1. The molecule has 0 aliphatic heterocycles. The smallest absolute Gasteiger partial charge is 0.222 e. The van der Waals surface area contributed by atoms with E-state index < -0.39 is 0 Å². The summed E-state index contributed by atoms with van der Waals surface area (Å²) < 4.78 is 5.86. The lowest BCUT2D eigenvalue weighted by molar-refractivity contribution is 0.461. The third-order valence-corrected chi connectivity index (χ3v) is 3.24. The predicted molar refractivity (Wildman–Crippen MR) is 80.9 cm³/mol. The second-order valence-electron chi connectivity index (χ2n) is 4.75. The Kier molecular flexibility index (Phi) is 3.35. The van der Waals surface area contributed by atoms with Crippen molar-refractivity contribution in [2.45, 2.75) is 13.5 Å². The summed E-state index contributed by atoms with van der Waals surface area (Å²) in [6.07, 6.45) is 0. The van der Waals surface area contributed by atoms with Crippen molar-refractivity contribution >= 4 is 10.9 Å². The average Bonchev–Trinajstić information content (AvgIpc) is 2.49. The van der Waals surface area contributed by atoms with Gasteiger partial charge in [-0.05, 0) is 36.8 Å². The monoisotopic (exact) mass is 264 g/mol. The molecule has 3 heteroatoms. The average molecular weight is 264 g/mol. The third-order valence-electron chi connectivity index (χ3n) is 3.24. The van der Waals surface area contributed by atoms with E-state index in [0.717, 1.165) is 27.8 Å². The molecule has 0 amide bonds. The van der Waals surface area contributed by atoms with Crippen LogP contribution in [-0.4, -0.2) is 4.98 Å². The molecule has 0 saturated carbocycles. The van der Waals surface area contributed by atoms with Crippen LogP contribution >= 0.6 is 0 Å². The summed E-state index contributed by atoms with van der Waals surface area (Å²) in [5.41, 5.74) is 8.63. The molecule has 2 N–H and O–H groups in total. The van der Waals surface area contributed by atoms with Gasteiger partial charge in [0, 0.05) is 17.5 Å². The fourth-order valence-corrected chi connectivity index (χ4v) is 2.11. The van der Waals surface area contributed by atoms with Crippen molar-refractivity contribution in [1.82, 2.24) is 4.98 Å². The largest absolute Gasteiger partial charge is 0.439 e. The van der Waals surface area contributed by atoms with Crippen LogP contribution in [0.4, 0.5) is 0 Å². The topological polar surface area (TPSA) is 48.1 Å². The zero-order valence-corrected chi connectivity index (χ0v) is 11.3. The van der Waals surface area contributed by atoms with E-state index in [1.54, 1.807) is 0 Å². The van der Waals surface area contributed by atoms with Gasteiger partial charge in [-0.3, -0.25) is 0 Å². The zero-order chi connectivity index (χ0) is 13.9. The molecule has 0 atom stereocenters. The van der Waals surface area contributed by atoms with E-state index in [0.29, 0.717) is 12.4 Å². The summed E-state index contributed by atoms with van der Waals surface area (Å²) in [6.45, 7) is 2.54. The van der Waals surface area contributed by atoms with Crippen LogP contribution in [0.3, 0.4) is 0 Å². The van der Waals surface area contributed by atoms with Crippen LogP contribution in [0.25, 0.3) is 10.9 Å². The first-order chi connectivity index (χ1) is 9.76. The second-order valence-corrected chi connectivity index (χ2v) is 4.75. The van der Waals surface area contributed by atoms with Crippen molar-refractivity contribution in [1.29, 1.82) is 0 Å². The maximum atomic E-state index is 5.86. The van der Waals surface area contributed by atoms with E-state index in [-0.39, 0.29) is 0 Å². The molecule has 1 aromatic heterocycles.